The normalized spacial score (nSPS) is 12.1. The molecule has 124 valence electrons. The smallest absolute Gasteiger partial charge is 0.306 e. The van der Waals surface area contributed by atoms with Gasteiger partial charge in [-0.05, 0) is 46.0 Å². The lowest BCUT2D eigenvalue weighted by Gasteiger charge is -2.27. The van der Waals surface area contributed by atoms with Crippen molar-refractivity contribution in [3.05, 3.63) is 0 Å². The van der Waals surface area contributed by atoms with Gasteiger partial charge in [-0.25, -0.2) is 0 Å². The van der Waals surface area contributed by atoms with Gasteiger partial charge in [-0.1, -0.05) is 27.7 Å². The standard InChI is InChI=1S/C17H32O4/c1-7-16(5,8-2)20-14(18)12-11-13-15(19)21-17(6,9-3)10-4/h7-13H2,1-6H3. The summed E-state index contributed by atoms with van der Waals surface area (Å²) in [5.41, 5.74) is -0.777. The van der Waals surface area contributed by atoms with E-state index in [0.29, 0.717) is 6.42 Å². The predicted molar refractivity (Wildman–Crippen MR) is 84.0 cm³/mol. The van der Waals surface area contributed by atoms with Crippen molar-refractivity contribution in [2.24, 2.45) is 0 Å². The molecule has 0 aromatic carbocycles. The molecule has 4 nitrogen and oxygen atoms in total. The van der Waals surface area contributed by atoms with Gasteiger partial charge in [-0.2, -0.15) is 0 Å². The molecule has 0 unspecified atom stereocenters. The van der Waals surface area contributed by atoms with E-state index >= 15 is 0 Å². The van der Waals surface area contributed by atoms with Gasteiger partial charge in [-0.15, -0.1) is 0 Å². The highest BCUT2D eigenvalue weighted by atomic mass is 16.6. The second kappa shape index (κ2) is 9.06. The number of rotatable bonds is 10. The molecule has 4 heteroatoms. The van der Waals surface area contributed by atoms with Crippen LogP contribution in [0.4, 0.5) is 0 Å². The summed E-state index contributed by atoms with van der Waals surface area (Å²) in [6, 6.07) is 0. The zero-order valence-corrected chi connectivity index (χ0v) is 14.6. The SMILES string of the molecule is CCC(C)(CC)OC(=O)CCCC(=O)OC(C)(CC)CC. The van der Waals surface area contributed by atoms with Crippen LogP contribution in [0.5, 0.6) is 0 Å². The minimum absolute atomic E-state index is 0.234. The molecule has 0 spiro atoms. The van der Waals surface area contributed by atoms with E-state index < -0.39 is 0 Å². The summed E-state index contributed by atoms with van der Waals surface area (Å²) in [6.45, 7) is 11.9. The third kappa shape index (κ3) is 7.49. The lowest BCUT2D eigenvalue weighted by atomic mass is 10.00. The molecule has 0 N–H and O–H groups in total. The third-order valence-corrected chi connectivity index (χ3v) is 4.47. The zero-order chi connectivity index (χ0) is 16.5. The van der Waals surface area contributed by atoms with Crippen LogP contribution in [0, 0.1) is 0 Å². The van der Waals surface area contributed by atoms with Crippen molar-refractivity contribution in [2.45, 2.75) is 97.7 Å². The Balaban J connectivity index is 4.09. The molecule has 0 amide bonds. The summed E-state index contributed by atoms with van der Waals surface area (Å²) in [6.07, 6.45) is 4.18. The van der Waals surface area contributed by atoms with Crippen LogP contribution in [-0.2, 0) is 19.1 Å². The molecule has 0 heterocycles. The van der Waals surface area contributed by atoms with Crippen molar-refractivity contribution in [1.29, 1.82) is 0 Å². The second-order valence-electron chi connectivity index (χ2n) is 6.12. The van der Waals surface area contributed by atoms with E-state index in [0.717, 1.165) is 25.7 Å². The van der Waals surface area contributed by atoms with Crippen LogP contribution in [0.15, 0.2) is 0 Å². The molecule has 0 fully saturated rings. The van der Waals surface area contributed by atoms with E-state index in [1.807, 2.05) is 41.5 Å². The van der Waals surface area contributed by atoms with E-state index in [1.165, 1.54) is 0 Å². The summed E-state index contributed by atoms with van der Waals surface area (Å²) >= 11 is 0. The molecule has 0 atom stereocenters. The average Bonchev–Trinajstić information content (AvgIpc) is 2.46. The van der Waals surface area contributed by atoms with E-state index in [1.54, 1.807) is 0 Å². The van der Waals surface area contributed by atoms with Gasteiger partial charge in [0.15, 0.2) is 0 Å². The molecule has 21 heavy (non-hydrogen) atoms. The molecular formula is C17H32O4. The number of esters is 2. The zero-order valence-electron chi connectivity index (χ0n) is 14.6. The molecule has 0 aliphatic rings. The summed E-state index contributed by atoms with van der Waals surface area (Å²) in [5, 5.41) is 0. The highest BCUT2D eigenvalue weighted by Crippen LogP contribution is 2.22. The Labute approximate surface area is 129 Å². The van der Waals surface area contributed by atoms with E-state index in [4.69, 9.17) is 9.47 Å². The van der Waals surface area contributed by atoms with Gasteiger partial charge in [0.05, 0.1) is 0 Å². The molecule has 0 bridgehead atoms. The topological polar surface area (TPSA) is 52.6 Å². The first-order valence-corrected chi connectivity index (χ1v) is 8.17. The van der Waals surface area contributed by atoms with Crippen LogP contribution in [0.3, 0.4) is 0 Å². The van der Waals surface area contributed by atoms with Gasteiger partial charge in [0.1, 0.15) is 11.2 Å². The molecule has 0 saturated heterocycles. The molecular weight excluding hydrogens is 268 g/mol. The fourth-order valence-electron chi connectivity index (χ4n) is 1.82. The summed E-state index contributed by atoms with van der Waals surface area (Å²) in [5.74, 6) is -0.467. The monoisotopic (exact) mass is 300 g/mol. The number of carbonyl (C=O) groups is 2. The van der Waals surface area contributed by atoms with Crippen LogP contribution in [0.25, 0.3) is 0 Å². The van der Waals surface area contributed by atoms with Crippen molar-refractivity contribution < 1.29 is 19.1 Å². The van der Waals surface area contributed by atoms with Gasteiger partial charge in [0, 0.05) is 12.8 Å². The molecule has 0 saturated carbocycles. The van der Waals surface area contributed by atoms with Gasteiger partial charge >= 0.3 is 11.9 Å². The van der Waals surface area contributed by atoms with Gasteiger partial charge in [-0.3, -0.25) is 9.59 Å². The lowest BCUT2D eigenvalue weighted by molar-refractivity contribution is -0.160. The molecule has 0 aliphatic carbocycles. The number of hydrogen-bond donors (Lipinski definition) is 0. The quantitative estimate of drug-likeness (QED) is 0.561. The van der Waals surface area contributed by atoms with E-state index in [2.05, 4.69) is 0 Å². The summed E-state index contributed by atoms with van der Waals surface area (Å²) in [4.78, 5) is 23.6. The maximum Gasteiger partial charge on any atom is 0.306 e. The Morgan fingerprint density at radius 1 is 0.714 bits per heavy atom. The van der Waals surface area contributed by atoms with Crippen molar-refractivity contribution in [3.8, 4) is 0 Å². The largest absolute Gasteiger partial charge is 0.459 e. The summed E-state index contributed by atoms with van der Waals surface area (Å²) in [7, 11) is 0. The van der Waals surface area contributed by atoms with Crippen LogP contribution >= 0.6 is 0 Å². The van der Waals surface area contributed by atoms with Gasteiger partial charge in [0.2, 0.25) is 0 Å². The highest BCUT2D eigenvalue weighted by molar-refractivity contribution is 5.73. The predicted octanol–water partition coefficient (Wildman–Crippen LogP) is 4.40. The van der Waals surface area contributed by atoms with Crippen molar-refractivity contribution in [1.82, 2.24) is 0 Å². The van der Waals surface area contributed by atoms with Crippen LogP contribution in [0.1, 0.15) is 86.5 Å². The Morgan fingerprint density at radius 2 is 1.00 bits per heavy atom. The first-order chi connectivity index (χ1) is 9.74. The lowest BCUT2D eigenvalue weighted by Crippen LogP contribution is -2.31. The fourth-order valence-corrected chi connectivity index (χ4v) is 1.82. The Kier molecular flexibility index (Phi) is 8.60. The highest BCUT2D eigenvalue weighted by Gasteiger charge is 2.26. The minimum atomic E-state index is -0.388. The van der Waals surface area contributed by atoms with E-state index in [-0.39, 0.29) is 36.0 Å². The van der Waals surface area contributed by atoms with Gasteiger partial charge in [0.25, 0.3) is 0 Å². The Bertz CT molecular complexity index is 296. The fraction of sp³-hybridized carbons (Fsp3) is 0.882. The molecule has 0 aromatic heterocycles. The molecule has 0 aliphatic heterocycles. The Hall–Kier alpha value is -1.06. The van der Waals surface area contributed by atoms with Crippen molar-refractivity contribution in [2.75, 3.05) is 0 Å². The Morgan fingerprint density at radius 3 is 1.24 bits per heavy atom. The van der Waals surface area contributed by atoms with Crippen molar-refractivity contribution >= 4 is 11.9 Å². The maximum absolute atomic E-state index is 11.8. The van der Waals surface area contributed by atoms with Crippen LogP contribution in [-0.4, -0.2) is 23.1 Å². The summed E-state index contributed by atoms with van der Waals surface area (Å²) < 4.78 is 10.9. The van der Waals surface area contributed by atoms with Crippen LogP contribution < -0.4 is 0 Å². The van der Waals surface area contributed by atoms with Gasteiger partial charge < -0.3 is 9.47 Å². The average molecular weight is 300 g/mol. The molecule has 0 radical (unpaired) electrons. The van der Waals surface area contributed by atoms with Crippen molar-refractivity contribution in [3.63, 3.8) is 0 Å². The number of hydrogen-bond acceptors (Lipinski definition) is 4. The number of ether oxygens (including phenoxy) is 2. The van der Waals surface area contributed by atoms with Crippen LogP contribution in [0.2, 0.25) is 0 Å². The number of carbonyl (C=O) groups excluding carboxylic acids is 2. The minimum Gasteiger partial charge on any atom is -0.459 e. The molecule has 0 rings (SSSR count). The third-order valence-electron chi connectivity index (χ3n) is 4.47. The first kappa shape index (κ1) is 19.9. The maximum atomic E-state index is 11.8. The first-order valence-electron chi connectivity index (χ1n) is 8.17. The molecule has 0 aromatic rings. The second-order valence-corrected chi connectivity index (χ2v) is 6.12. The van der Waals surface area contributed by atoms with E-state index in [9.17, 15) is 9.59 Å².